The van der Waals surface area contributed by atoms with Crippen molar-refractivity contribution in [1.82, 2.24) is 10.4 Å². The van der Waals surface area contributed by atoms with Gasteiger partial charge in [0.25, 0.3) is 0 Å². The topological polar surface area (TPSA) is 74.3 Å². The Hall–Kier alpha value is -2.03. The highest BCUT2D eigenvalue weighted by molar-refractivity contribution is 5.68. The van der Waals surface area contributed by atoms with E-state index in [2.05, 4.69) is 37.3 Å². The number of nitrogens with one attached hydrogen (secondary N) is 1. The number of rotatable bonds is 6. The fraction of sp³-hybridized carbons (Fsp3) is 0.526. The van der Waals surface area contributed by atoms with Crippen LogP contribution < -0.4 is 15.9 Å². The standard InChI is InChI=1S/C19H28N4O/c1-13(2)7-18(21)12-24-19-6-5-15(9-16(19)10-20)17-8-14(3)23(4)22-11-17/h5-6,9,11,13-14,18,22H,7-8,12,21H2,1-4H3/t14?,18-/m0/s1. The quantitative estimate of drug-likeness (QED) is 0.840. The van der Waals surface area contributed by atoms with Crippen LogP contribution in [0.3, 0.4) is 0 Å². The van der Waals surface area contributed by atoms with Gasteiger partial charge in [0.1, 0.15) is 18.4 Å². The van der Waals surface area contributed by atoms with Crippen molar-refractivity contribution in [1.29, 1.82) is 5.26 Å². The van der Waals surface area contributed by atoms with Crippen molar-refractivity contribution in [3.05, 3.63) is 35.5 Å². The summed E-state index contributed by atoms with van der Waals surface area (Å²) < 4.78 is 5.78. The monoisotopic (exact) mass is 328 g/mol. The lowest BCUT2D eigenvalue weighted by Gasteiger charge is -2.30. The number of ether oxygens (including phenoxy) is 1. The molecular formula is C19H28N4O. The summed E-state index contributed by atoms with van der Waals surface area (Å²) in [6.45, 7) is 6.87. The number of nitriles is 1. The molecule has 0 saturated carbocycles. The molecule has 0 fully saturated rings. The predicted molar refractivity (Wildman–Crippen MR) is 97.0 cm³/mol. The Bertz CT molecular complexity index is 633. The molecule has 5 nitrogen and oxygen atoms in total. The van der Waals surface area contributed by atoms with Crippen LogP contribution in [-0.2, 0) is 0 Å². The molecule has 0 aliphatic carbocycles. The number of benzene rings is 1. The fourth-order valence-corrected chi connectivity index (χ4v) is 2.84. The Labute approximate surface area is 145 Å². The third-order valence-corrected chi connectivity index (χ3v) is 4.32. The van der Waals surface area contributed by atoms with Crippen LogP contribution in [0.4, 0.5) is 0 Å². The first kappa shape index (κ1) is 18.3. The normalized spacial score (nSPS) is 19.4. The van der Waals surface area contributed by atoms with Gasteiger partial charge in [0.2, 0.25) is 0 Å². The average molecular weight is 328 g/mol. The van der Waals surface area contributed by atoms with Gasteiger partial charge in [-0.3, -0.25) is 0 Å². The number of nitrogens with zero attached hydrogens (tertiary/aromatic N) is 2. The molecule has 5 heteroatoms. The summed E-state index contributed by atoms with van der Waals surface area (Å²) >= 11 is 0. The van der Waals surface area contributed by atoms with E-state index >= 15 is 0 Å². The zero-order valence-electron chi connectivity index (χ0n) is 15.0. The first-order chi connectivity index (χ1) is 11.4. The van der Waals surface area contributed by atoms with Crippen LogP contribution in [0.1, 0.15) is 44.7 Å². The summed E-state index contributed by atoms with van der Waals surface area (Å²) in [6, 6.07) is 8.41. The van der Waals surface area contributed by atoms with Gasteiger partial charge in [-0.1, -0.05) is 19.9 Å². The molecule has 0 spiro atoms. The van der Waals surface area contributed by atoms with Crippen molar-refractivity contribution in [2.24, 2.45) is 11.7 Å². The van der Waals surface area contributed by atoms with Crippen LogP contribution in [0.25, 0.3) is 5.57 Å². The second-order valence-electron chi connectivity index (χ2n) is 6.99. The molecule has 1 aliphatic rings. The van der Waals surface area contributed by atoms with E-state index < -0.39 is 0 Å². The zero-order valence-corrected chi connectivity index (χ0v) is 15.0. The van der Waals surface area contributed by atoms with E-state index in [1.165, 1.54) is 5.57 Å². The maximum atomic E-state index is 9.44. The van der Waals surface area contributed by atoms with Crippen LogP contribution in [0.2, 0.25) is 0 Å². The molecule has 0 saturated heterocycles. The minimum absolute atomic E-state index is 0.0159. The first-order valence-corrected chi connectivity index (χ1v) is 8.51. The lowest BCUT2D eigenvalue weighted by Crippen LogP contribution is -2.41. The van der Waals surface area contributed by atoms with Gasteiger partial charge in [0.15, 0.2) is 0 Å². The number of hydrogen-bond acceptors (Lipinski definition) is 5. The fourth-order valence-electron chi connectivity index (χ4n) is 2.84. The molecule has 24 heavy (non-hydrogen) atoms. The number of nitrogens with two attached hydrogens (primary N) is 1. The van der Waals surface area contributed by atoms with Gasteiger partial charge >= 0.3 is 0 Å². The van der Waals surface area contributed by atoms with Gasteiger partial charge in [-0.2, -0.15) is 5.26 Å². The zero-order chi connectivity index (χ0) is 17.7. The van der Waals surface area contributed by atoms with Gasteiger partial charge in [-0.25, -0.2) is 5.01 Å². The van der Waals surface area contributed by atoms with Gasteiger partial charge < -0.3 is 15.9 Å². The summed E-state index contributed by atoms with van der Waals surface area (Å²) in [7, 11) is 2.02. The summed E-state index contributed by atoms with van der Waals surface area (Å²) in [5, 5.41) is 11.5. The lowest BCUT2D eigenvalue weighted by molar-refractivity contribution is 0.200. The largest absolute Gasteiger partial charge is 0.491 e. The highest BCUT2D eigenvalue weighted by Crippen LogP contribution is 2.28. The predicted octanol–water partition coefficient (Wildman–Crippen LogP) is 2.88. The van der Waals surface area contributed by atoms with E-state index in [0.29, 0.717) is 29.9 Å². The van der Waals surface area contributed by atoms with Crippen molar-refractivity contribution in [2.45, 2.75) is 45.7 Å². The van der Waals surface area contributed by atoms with Crippen molar-refractivity contribution < 1.29 is 4.74 Å². The molecular weight excluding hydrogens is 300 g/mol. The second kappa shape index (κ2) is 8.18. The third kappa shape index (κ3) is 4.73. The van der Waals surface area contributed by atoms with Crippen LogP contribution in [0.5, 0.6) is 5.75 Å². The van der Waals surface area contributed by atoms with Crippen molar-refractivity contribution in [2.75, 3.05) is 13.7 Å². The van der Waals surface area contributed by atoms with E-state index in [4.69, 9.17) is 10.5 Å². The summed E-state index contributed by atoms with van der Waals surface area (Å²) in [6.07, 6.45) is 3.84. The van der Waals surface area contributed by atoms with Crippen LogP contribution in [0.15, 0.2) is 24.4 Å². The van der Waals surface area contributed by atoms with E-state index in [-0.39, 0.29) is 6.04 Å². The molecule has 0 bridgehead atoms. The lowest BCUT2D eigenvalue weighted by atomic mass is 9.97. The van der Waals surface area contributed by atoms with Crippen LogP contribution in [-0.4, -0.2) is 30.7 Å². The highest BCUT2D eigenvalue weighted by Gasteiger charge is 2.18. The molecule has 0 aromatic heterocycles. The summed E-state index contributed by atoms with van der Waals surface area (Å²) in [5.41, 5.74) is 12.1. The Morgan fingerprint density at radius 3 is 2.83 bits per heavy atom. The van der Waals surface area contributed by atoms with Crippen molar-refractivity contribution in [3.8, 4) is 11.8 Å². The van der Waals surface area contributed by atoms with Crippen LogP contribution in [0, 0.1) is 17.2 Å². The van der Waals surface area contributed by atoms with Gasteiger partial charge in [0, 0.05) is 25.3 Å². The van der Waals surface area contributed by atoms with E-state index in [1.807, 2.05) is 31.4 Å². The number of hydrogen-bond donors (Lipinski definition) is 2. The Morgan fingerprint density at radius 2 is 2.21 bits per heavy atom. The molecule has 1 unspecified atom stereocenters. The molecule has 1 aromatic rings. The maximum Gasteiger partial charge on any atom is 0.137 e. The maximum absolute atomic E-state index is 9.44. The highest BCUT2D eigenvalue weighted by atomic mass is 16.5. The van der Waals surface area contributed by atoms with Gasteiger partial charge in [-0.15, -0.1) is 0 Å². The second-order valence-corrected chi connectivity index (χ2v) is 6.99. The molecule has 2 atom stereocenters. The molecule has 1 heterocycles. The molecule has 2 rings (SSSR count). The minimum atomic E-state index is -0.0159. The number of hydrazine groups is 1. The molecule has 3 N–H and O–H groups in total. The SMILES string of the molecule is CC(C)C[C@H](N)COc1ccc(C2=CNN(C)C(C)C2)cc1C#N. The van der Waals surface area contributed by atoms with E-state index in [1.54, 1.807) is 0 Å². The Morgan fingerprint density at radius 1 is 1.46 bits per heavy atom. The average Bonchev–Trinajstić information content (AvgIpc) is 2.54. The van der Waals surface area contributed by atoms with Crippen molar-refractivity contribution >= 4 is 5.57 Å². The minimum Gasteiger partial charge on any atom is -0.491 e. The molecule has 0 radical (unpaired) electrons. The first-order valence-electron chi connectivity index (χ1n) is 8.51. The Kier molecular flexibility index (Phi) is 6.24. The third-order valence-electron chi connectivity index (χ3n) is 4.32. The molecule has 1 aliphatic heterocycles. The molecule has 1 aromatic carbocycles. The van der Waals surface area contributed by atoms with E-state index in [9.17, 15) is 5.26 Å². The van der Waals surface area contributed by atoms with E-state index in [0.717, 1.165) is 18.4 Å². The van der Waals surface area contributed by atoms with Gasteiger partial charge in [0.05, 0.1) is 5.56 Å². The van der Waals surface area contributed by atoms with Crippen LogP contribution >= 0.6 is 0 Å². The molecule has 130 valence electrons. The van der Waals surface area contributed by atoms with Gasteiger partial charge in [-0.05, 0) is 49.0 Å². The smallest absolute Gasteiger partial charge is 0.137 e. The Balaban J connectivity index is 2.09. The molecule has 0 amide bonds. The van der Waals surface area contributed by atoms with Crippen molar-refractivity contribution in [3.63, 3.8) is 0 Å². The summed E-state index contributed by atoms with van der Waals surface area (Å²) in [5.74, 6) is 1.14. The summed E-state index contributed by atoms with van der Waals surface area (Å²) in [4.78, 5) is 0.